The number of likely N-dealkylation sites (N-methyl/N-ethyl adjacent to an activating group) is 1. The van der Waals surface area contributed by atoms with E-state index in [0.717, 1.165) is 12.1 Å². The van der Waals surface area contributed by atoms with Crippen molar-refractivity contribution in [1.29, 1.82) is 0 Å². The Morgan fingerprint density at radius 2 is 1.78 bits per heavy atom. The molecule has 0 aliphatic rings. The average molecular weight is 293 g/mol. The molecule has 0 atom stereocenters. The minimum absolute atomic E-state index is 0.0588. The lowest BCUT2D eigenvalue weighted by Gasteiger charge is -2.19. The molecule has 100 valence electrons. The molecule has 1 aromatic carbocycles. The molecular formula is C12H15Cl2FN2O. The van der Waals surface area contributed by atoms with Crippen LogP contribution in [0.15, 0.2) is 12.1 Å². The van der Waals surface area contributed by atoms with Gasteiger partial charge in [-0.15, -0.1) is 0 Å². The van der Waals surface area contributed by atoms with Gasteiger partial charge in [-0.3, -0.25) is 4.79 Å². The molecule has 0 spiro atoms. The first kappa shape index (κ1) is 15.1. The van der Waals surface area contributed by atoms with Crippen LogP contribution in [0, 0.1) is 5.82 Å². The van der Waals surface area contributed by atoms with Gasteiger partial charge in [0.1, 0.15) is 5.82 Å². The van der Waals surface area contributed by atoms with Crippen LogP contribution in [0.3, 0.4) is 0 Å². The van der Waals surface area contributed by atoms with E-state index < -0.39 is 5.82 Å². The second kappa shape index (κ2) is 6.81. The number of hydrogen-bond donors (Lipinski definition) is 1. The van der Waals surface area contributed by atoms with E-state index in [1.807, 2.05) is 13.8 Å². The Kier molecular flexibility index (Phi) is 5.69. The van der Waals surface area contributed by atoms with Crippen LogP contribution in [-0.2, 0) is 4.79 Å². The first-order valence-electron chi connectivity index (χ1n) is 5.65. The van der Waals surface area contributed by atoms with Crippen LogP contribution in [0.4, 0.5) is 10.1 Å². The van der Waals surface area contributed by atoms with Crippen LogP contribution >= 0.6 is 23.2 Å². The highest BCUT2D eigenvalue weighted by molar-refractivity contribution is 6.39. The number of benzene rings is 1. The van der Waals surface area contributed by atoms with Gasteiger partial charge in [-0.25, -0.2) is 4.39 Å². The van der Waals surface area contributed by atoms with Crippen LogP contribution < -0.4 is 5.32 Å². The van der Waals surface area contributed by atoms with E-state index in [1.54, 1.807) is 4.90 Å². The van der Waals surface area contributed by atoms with E-state index in [2.05, 4.69) is 5.32 Å². The molecule has 0 saturated heterocycles. The molecule has 1 amide bonds. The van der Waals surface area contributed by atoms with E-state index in [9.17, 15) is 9.18 Å². The van der Waals surface area contributed by atoms with Crippen molar-refractivity contribution in [2.24, 2.45) is 0 Å². The fourth-order valence-corrected chi connectivity index (χ4v) is 2.16. The Morgan fingerprint density at radius 1 is 1.28 bits per heavy atom. The number of carbonyl (C=O) groups is 1. The Bertz CT molecular complexity index is 413. The third-order valence-corrected chi connectivity index (χ3v) is 3.14. The van der Waals surface area contributed by atoms with Gasteiger partial charge in [0, 0.05) is 13.1 Å². The molecular weight excluding hydrogens is 278 g/mol. The van der Waals surface area contributed by atoms with Crippen molar-refractivity contribution in [3.8, 4) is 0 Å². The number of hydrogen-bond acceptors (Lipinski definition) is 2. The molecule has 0 aliphatic carbocycles. The summed E-state index contributed by atoms with van der Waals surface area (Å²) in [5, 5.41) is 3.15. The van der Waals surface area contributed by atoms with Crippen LogP contribution in [0.25, 0.3) is 0 Å². The lowest BCUT2D eigenvalue weighted by molar-refractivity contribution is -0.128. The minimum atomic E-state index is -0.509. The van der Waals surface area contributed by atoms with Gasteiger partial charge in [-0.05, 0) is 26.0 Å². The third kappa shape index (κ3) is 3.75. The van der Waals surface area contributed by atoms with E-state index in [0.29, 0.717) is 18.8 Å². The molecule has 0 aromatic heterocycles. The maximum atomic E-state index is 13.0. The number of halogens is 3. The van der Waals surface area contributed by atoms with Crippen molar-refractivity contribution in [2.45, 2.75) is 13.8 Å². The van der Waals surface area contributed by atoms with Crippen molar-refractivity contribution < 1.29 is 9.18 Å². The highest BCUT2D eigenvalue weighted by Crippen LogP contribution is 2.31. The highest BCUT2D eigenvalue weighted by atomic mass is 35.5. The lowest BCUT2D eigenvalue weighted by atomic mass is 10.3. The standard InChI is InChI=1S/C12H15Cl2FN2O/c1-3-17(4-2)11(18)7-16-12-9(13)5-8(15)6-10(12)14/h5-6,16H,3-4,7H2,1-2H3. The predicted molar refractivity (Wildman–Crippen MR) is 72.8 cm³/mol. The largest absolute Gasteiger partial charge is 0.374 e. The lowest BCUT2D eigenvalue weighted by Crippen LogP contribution is -2.35. The monoisotopic (exact) mass is 292 g/mol. The molecule has 0 radical (unpaired) electrons. The maximum Gasteiger partial charge on any atom is 0.241 e. The zero-order valence-electron chi connectivity index (χ0n) is 10.3. The summed E-state index contributed by atoms with van der Waals surface area (Å²) in [6.07, 6.45) is 0. The van der Waals surface area contributed by atoms with E-state index >= 15 is 0 Å². The molecule has 0 unspecified atom stereocenters. The van der Waals surface area contributed by atoms with E-state index in [4.69, 9.17) is 23.2 Å². The summed E-state index contributed by atoms with van der Waals surface area (Å²) in [5.41, 5.74) is 0.375. The minimum Gasteiger partial charge on any atom is -0.374 e. The second-order valence-electron chi connectivity index (χ2n) is 3.66. The van der Waals surface area contributed by atoms with E-state index in [1.165, 1.54) is 0 Å². The first-order chi connectivity index (χ1) is 8.49. The van der Waals surface area contributed by atoms with Crippen LogP contribution in [-0.4, -0.2) is 30.4 Å². The van der Waals surface area contributed by atoms with Crippen molar-refractivity contribution in [3.63, 3.8) is 0 Å². The Morgan fingerprint density at radius 3 is 2.22 bits per heavy atom. The summed E-state index contributed by atoms with van der Waals surface area (Å²) in [5.74, 6) is -0.568. The average Bonchev–Trinajstić information content (AvgIpc) is 2.29. The molecule has 0 aliphatic heterocycles. The van der Waals surface area contributed by atoms with Crippen LogP contribution in [0.1, 0.15) is 13.8 Å². The summed E-state index contributed by atoms with van der Waals surface area (Å²) >= 11 is 11.7. The van der Waals surface area contributed by atoms with Crippen LogP contribution in [0.2, 0.25) is 10.0 Å². The fourth-order valence-electron chi connectivity index (χ4n) is 1.56. The smallest absolute Gasteiger partial charge is 0.241 e. The number of carbonyl (C=O) groups excluding carboxylic acids is 1. The van der Waals surface area contributed by atoms with Gasteiger partial charge in [0.15, 0.2) is 0 Å². The summed E-state index contributed by atoms with van der Waals surface area (Å²) < 4.78 is 13.0. The normalized spacial score (nSPS) is 10.3. The maximum absolute atomic E-state index is 13.0. The van der Waals surface area contributed by atoms with Crippen molar-refractivity contribution in [2.75, 3.05) is 25.0 Å². The zero-order valence-corrected chi connectivity index (χ0v) is 11.8. The molecule has 0 saturated carbocycles. The number of amides is 1. The molecule has 6 heteroatoms. The van der Waals surface area contributed by atoms with Crippen molar-refractivity contribution in [1.82, 2.24) is 4.90 Å². The third-order valence-electron chi connectivity index (χ3n) is 2.54. The summed E-state index contributed by atoms with van der Waals surface area (Å²) in [4.78, 5) is 13.5. The summed E-state index contributed by atoms with van der Waals surface area (Å²) in [6.45, 7) is 5.16. The molecule has 0 heterocycles. The van der Waals surface area contributed by atoms with Crippen LogP contribution in [0.5, 0.6) is 0 Å². The Labute approximate surface area is 116 Å². The molecule has 0 fully saturated rings. The molecule has 1 rings (SSSR count). The molecule has 0 bridgehead atoms. The zero-order chi connectivity index (χ0) is 13.7. The first-order valence-corrected chi connectivity index (χ1v) is 6.41. The van der Waals surface area contributed by atoms with Gasteiger partial charge in [0.2, 0.25) is 5.91 Å². The van der Waals surface area contributed by atoms with Crippen molar-refractivity contribution >= 4 is 34.8 Å². The number of anilines is 1. The number of nitrogens with one attached hydrogen (secondary N) is 1. The highest BCUT2D eigenvalue weighted by Gasteiger charge is 2.12. The van der Waals surface area contributed by atoms with Gasteiger partial charge in [-0.1, -0.05) is 23.2 Å². The van der Waals surface area contributed by atoms with Crippen molar-refractivity contribution in [3.05, 3.63) is 28.0 Å². The van der Waals surface area contributed by atoms with Gasteiger partial charge in [-0.2, -0.15) is 0 Å². The quantitative estimate of drug-likeness (QED) is 0.902. The van der Waals surface area contributed by atoms with Gasteiger partial charge in [0.05, 0.1) is 22.3 Å². The van der Waals surface area contributed by atoms with Gasteiger partial charge >= 0.3 is 0 Å². The number of nitrogens with zero attached hydrogens (tertiary/aromatic N) is 1. The topological polar surface area (TPSA) is 32.3 Å². The van der Waals surface area contributed by atoms with Gasteiger partial charge < -0.3 is 10.2 Å². The predicted octanol–water partition coefficient (Wildman–Crippen LogP) is 3.41. The Hall–Kier alpha value is -1.00. The molecule has 3 nitrogen and oxygen atoms in total. The van der Waals surface area contributed by atoms with Gasteiger partial charge in [0.25, 0.3) is 0 Å². The fraction of sp³-hybridized carbons (Fsp3) is 0.417. The number of rotatable bonds is 5. The molecule has 1 aromatic rings. The molecule has 1 N–H and O–H groups in total. The van der Waals surface area contributed by atoms with E-state index in [-0.39, 0.29) is 22.5 Å². The SMILES string of the molecule is CCN(CC)C(=O)CNc1c(Cl)cc(F)cc1Cl. The summed E-state index contributed by atoms with van der Waals surface area (Å²) in [7, 11) is 0. The Balaban J connectivity index is 2.72. The molecule has 18 heavy (non-hydrogen) atoms. The second-order valence-corrected chi connectivity index (χ2v) is 4.48. The summed E-state index contributed by atoms with van der Waals surface area (Å²) in [6, 6.07) is 2.30.